The van der Waals surface area contributed by atoms with Crippen molar-refractivity contribution in [1.82, 2.24) is 10.2 Å². The summed E-state index contributed by atoms with van der Waals surface area (Å²) in [5, 5.41) is 3.36. The van der Waals surface area contributed by atoms with Crippen LogP contribution in [-0.2, 0) is 4.79 Å². The van der Waals surface area contributed by atoms with E-state index in [9.17, 15) is 9.59 Å². The van der Waals surface area contributed by atoms with E-state index in [0.717, 1.165) is 5.56 Å². The van der Waals surface area contributed by atoms with Gasteiger partial charge in [-0.15, -0.1) is 0 Å². The van der Waals surface area contributed by atoms with Crippen LogP contribution < -0.4 is 5.32 Å². The number of hydrogen-bond donors (Lipinski definition) is 1. The predicted octanol–water partition coefficient (Wildman–Crippen LogP) is 3.98. The van der Waals surface area contributed by atoms with Gasteiger partial charge in [-0.3, -0.25) is 9.59 Å². The molecule has 0 aromatic heterocycles. The Balaban J connectivity index is 2.33. The van der Waals surface area contributed by atoms with Gasteiger partial charge < -0.3 is 10.2 Å². The maximum absolute atomic E-state index is 12.8. The Labute approximate surface area is 153 Å². The predicted molar refractivity (Wildman–Crippen MR) is 101 cm³/mol. The van der Waals surface area contributed by atoms with Crippen molar-refractivity contribution >= 4 is 29.5 Å². The molecule has 130 valence electrons. The van der Waals surface area contributed by atoms with Crippen LogP contribution in [0.4, 0.5) is 0 Å². The minimum absolute atomic E-state index is 0.218. The van der Waals surface area contributed by atoms with Crippen LogP contribution in [0, 0.1) is 0 Å². The second kappa shape index (κ2) is 9.04. The maximum Gasteiger partial charge on any atom is 0.270 e. The fraction of sp³-hybridized carbons (Fsp3) is 0.200. The van der Waals surface area contributed by atoms with E-state index in [0.29, 0.717) is 23.7 Å². The summed E-state index contributed by atoms with van der Waals surface area (Å²) in [6.07, 6.45) is 1.66. The van der Waals surface area contributed by atoms with Crippen LogP contribution in [0.1, 0.15) is 29.8 Å². The minimum atomic E-state index is -0.318. The van der Waals surface area contributed by atoms with Crippen LogP contribution >= 0.6 is 11.6 Å². The van der Waals surface area contributed by atoms with Gasteiger partial charge in [0.05, 0.1) is 0 Å². The van der Waals surface area contributed by atoms with Crippen molar-refractivity contribution < 1.29 is 9.59 Å². The number of halogens is 1. The lowest BCUT2D eigenvalue weighted by Gasteiger charge is -2.21. The average Bonchev–Trinajstić information content (AvgIpc) is 2.64. The van der Waals surface area contributed by atoms with Crippen LogP contribution in [0.5, 0.6) is 0 Å². The van der Waals surface area contributed by atoms with E-state index in [4.69, 9.17) is 11.6 Å². The molecule has 2 aromatic carbocycles. The number of likely N-dealkylation sites (N-methyl/N-ethyl adjacent to an activating group) is 1. The van der Waals surface area contributed by atoms with Gasteiger partial charge in [0.25, 0.3) is 11.8 Å². The van der Waals surface area contributed by atoms with Gasteiger partial charge in [-0.2, -0.15) is 0 Å². The Kier molecular flexibility index (Phi) is 6.78. The molecule has 0 heterocycles. The molecule has 0 fully saturated rings. The lowest BCUT2D eigenvalue weighted by Crippen LogP contribution is -2.38. The first-order valence-corrected chi connectivity index (χ1v) is 8.55. The summed E-state index contributed by atoms with van der Waals surface area (Å²) >= 11 is 5.90. The van der Waals surface area contributed by atoms with Gasteiger partial charge in [-0.05, 0) is 49.8 Å². The van der Waals surface area contributed by atoms with Crippen molar-refractivity contribution in [2.75, 3.05) is 13.1 Å². The molecule has 0 saturated heterocycles. The Bertz CT molecular complexity index is 751. The molecule has 0 aliphatic heterocycles. The molecule has 2 rings (SSSR count). The highest BCUT2D eigenvalue weighted by Gasteiger charge is 2.18. The van der Waals surface area contributed by atoms with Crippen LogP contribution in [0.3, 0.4) is 0 Å². The van der Waals surface area contributed by atoms with Gasteiger partial charge in [-0.1, -0.05) is 41.9 Å². The first kappa shape index (κ1) is 18.7. The van der Waals surface area contributed by atoms with E-state index in [-0.39, 0.29) is 17.5 Å². The van der Waals surface area contributed by atoms with Crippen LogP contribution in [-0.4, -0.2) is 29.8 Å². The molecule has 2 aromatic rings. The number of carbonyl (C=O) groups is 2. The Morgan fingerprint density at radius 1 is 1.00 bits per heavy atom. The van der Waals surface area contributed by atoms with Crippen LogP contribution in [0.2, 0.25) is 5.02 Å². The topological polar surface area (TPSA) is 49.4 Å². The summed E-state index contributed by atoms with van der Waals surface area (Å²) in [5.41, 5.74) is 1.52. The number of nitrogens with zero attached hydrogens (tertiary/aromatic N) is 1. The smallest absolute Gasteiger partial charge is 0.270 e. The van der Waals surface area contributed by atoms with E-state index in [1.165, 1.54) is 0 Å². The Morgan fingerprint density at radius 2 is 1.60 bits per heavy atom. The summed E-state index contributed by atoms with van der Waals surface area (Å²) in [5.74, 6) is -0.537. The third-order valence-corrected chi connectivity index (χ3v) is 4.00. The highest BCUT2D eigenvalue weighted by Crippen LogP contribution is 2.13. The first-order chi connectivity index (χ1) is 12.0. The Morgan fingerprint density at radius 3 is 2.16 bits per heavy atom. The third kappa shape index (κ3) is 5.19. The fourth-order valence-electron chi connectivity index (χ4n) is 2.34. The number of nitrogens with one attached hydrogen (secondary N) is 1. The number of rotatable bonds is 6. The van der Waals surface area contributed by atoms with Gasteiger partial charge in [0.15, 0.2) is 0 Å². The molecular weight excluding hydrogens is 336 g/mol. The summed E-state index contributed by atoms with van der Waals surface area (Å²) < 4.78 is 0. The molecule has 2 amide bonds. The zero-order valence-electron chi connectivity index (χ0n) is 14.3. The standard InChI is InChI=1S/C20H21ClN2O2/c1-3-23(4-2)20(25)18(14-15-10-12-17(21)13-11-15)22-19(24)16-8-6-5-7-9-16/h5-14H,3-4H2,1-2H3,(H,22,24)/b18-14+. The fourth-order valence-corrected chi connectivity index (χ4v) is 2.47. The maximum atomic E-state index is 12.8. The molecule has 0 radical (unpaired) electrons. The zero-order valence-corrected chi connectivity index (χ0v) is 15.1. The highest BCUT2D eigenvalue weighted by atomic mass is 35.5. The molecule has 0 bridgehead atoms. The average molecular weight is 357 g/mol. The van der Waals surface area contributed by atoms with Gasteiger partial charge in [0.1, 0.15) is 5.70 Å². The van der Waals surface area contributed by atoms with Crippen molar-refractivity contribution in [2.45, 2.75) is 13.8 Å². The number of hydrogen-bond acceptors (Lipinski definition) is 2. The van der Waals surface area contributed by atoms with Gasteiger partial charge in [-0.25, -0.2) is 0 Å². The molecular formula is C20H21ClN2O2. The zero-order chi connectivity index (χ0) is 18.2. The summed E-state index contributed by atoms with van der Waals surface area (Å²) in [6, 6.07) is 15.9. The normalized spacial score (nSPS) is 11.1. The molecule has 0 atom stereocenters. The van der Waals surface area contributed by atoms with Crippen molar-refractivity contribution in [3.05, 3.63) is 76.4 Å². The SMILES string of the molecule is CCN(CC)C(=O)/C(=C\c1ccc(Cl)cc1)NC(=O)c1ccccc1. The lowest BCUT2D eigenvalue weighted by molar-refractivity contribution is -0.127. The van der Waals surface area contributed by atoms with Crippen molar-refractivity contribution in [2.24, 2.45) is 0 Å². The van der Waals surface area contributed by atoms with E-state index < -0.39 is 0 Å². The monoisotopic (exact) mass is 356 g/mol. The molecule has 1 N–H and O–H groups in total. The minimum Gasteiger partial charge on any atom is -0.338 e. The second-order valence-electron chi connectivity index (χ2n) is 5.41. The molecule has 4 nitrogen and oxygen atoms in total. The number of carbonyl (C=O) groups excluding carboxylic acids is 2. The molecule has 0 spiro atoms. The van der Waals surface area contributed by atoms with E-state index >= 15 is 0 Å². The Hall–Kier alpha value is -2.59. The number of amides is 2. The van der Waals surface area contributed by atoms with Gasteiger partial charge >= 0.3 is 0 Å². The molecule has 0 aliphatic rings. The summed E-state index contributed by atoms with van der Waals surface area (Å²) in [7, 11) is 0. The lowest BCUT2D eigenvalue weighted by atomic mass is 10.1. The number of benzene rings is 2. The summed E-state index contributed by atoms with van der Waals surface area (Å²) in [4.78, 5) is 26.9. The van der Waals surface area contributed by atoms with Crippen molar-refractivity contribution in [3.8, 4) is 0 Å². The quantitative estimate of drug-likeness (QED) is 0.796. The van der Waals surface area contributed by atoms with E-state index in [1.807, 2.05) is 19.9 Å². The molecule has 0 unspecified atom stereocenters. The molecule has 25 heavy (non-hydrogen) atoms. The second-order valence-corrected chi connectivity index (χ2v) is 5.84. The molecule has 5 heteroatoms. The van der Waals surface area contributed by atoms with Gasteiger partial charge in [0.2, 0.25) is 0 Å². The third-order valence-electron chi connectivity index (χ3n) is 3.75. The highest BCUT2D eigenvalue weighted by molar-refractivity contribution is 6.30. The summed E-state index contributed by atoms with van der Waals surface area (Å²) in [6.45, 7) is 4.93. The van der Waals surface area contributed by atoms with E-state index in [1.54, 1.807) is 59.5 Å². The van der Waals surface area contributed by atoms with Crippen LogP contribution in [0.15, 0.2) is 60.3 Å². The van der Waals surface area contributed by atoms with E-state index in [2.05, 4.69) is 5.32 Å². The first-order valence-electron chi connectivity index (χ1n) is 8.18. The molecule has 0 aliphatic carbocycles. The van der Waals surface area contributed by atoms with Gasteiger partial charge in [0, 0.05) is 23.7 Å². The van der Waals surface area contributed by atoms with Crippen molar-refractivity contribution in [3.63, 3.8) is 0 Å². The van der Waals surface area contributed by atoms with Crippen LogP contribution in [0.25, 0.3) is 6.08 Å². The molecule has 0 saturated carbocycles. The largest absolute Gasteiger partial charge is 0.338 e. The van der Waals surface area contributed by atoms with Crippen molar-refractivity contribution in [1.29, 1.82) is 0 Å².